The van der Waals surface area contributed by atoms with Gasteiger partial charge in [-0.05, 0) is 36.8 Å². The summed E-state index contributed by atoms with van der Waals surface area (Å²) in [6.07, 6.45) is 2.34. The lowest BCUT2D eigenvalue weighted by Crippen LogP contribution is -2.26. The van der Waals surface area contributed by atoms with E-state index in [4.69, 9.17) is 4.42 Å². The molecule has 4 nitrogen and oxygen atoms in total. The number of aromatic nitrogens is 1. The molecule has 0 spiro atoms. The molecule has 0 fully saturated rings. The predicted octanol–water partition coefficient (Wildman–Crippen LogP) is 5.05. The van der Waals surface area contributed by atoms with Gasteiger partial charge < -0.3 is 9.73 Å². The number of nitrogens with one attached hydrogen (secondary N) is 1. The Bertz CT molecular complexity index is 893. The molecule has 1 aromatic heterocycles. The van der Waals surface area contributed by atoms with Gasteiger partial charge in [0.25, 0.3) is 0 Å². The number of aryl methyl sites for hydroxylation is 1. The van der Waals surface area contributed by atoms with Crippen molar-refractivity contribution >= 4 is 21.8 Å². The van der Waals surface area contributed by atoms with Gasteiger partial charge in [-0.3, -0.25) is 4.79 Å². The van der Waals surface area contributed by atoms with Gasteiger partial charge in [0.1, 0.15) is 5.82 Å². The molecule has 2 aromatic carbocycles. The van der Waals surface area contributed by atoms with E-state index >= 15 is 0 Å². The fraction of sp³-hybridized carbons (Fsp3) is 0.200. The third-order valence-corrected chi connectivity index (χ3v) is 4.47. The molecule has 0 aliphatic carbocycles. The first-order valence-electron chi connectivity index (χ1n) is 8.27. The first kappa shape index (κ1) is 18.3. The summed E-state index contributed by atoms with van der Waals surface area (Å²) in [5.41, 5.74) is 1.78. The lowest BCUT2D eigenvalue weighted by Gasteiger charge is -2.14. The molecular weight excluding hydrogens is 399 g/mol. The molecule has 0 unspecified atom stereocenters. The summed E-state index contributed by atoms with van der Waals surface area (Å²) in [6.45, 7) is 1.86. The number of carbonyl (C=O) groups is 1. The van der Waals surface area contributed by atoms with Gasteiger partial charge in [-0.2, -0.15) is 0 Å². The molecule has 0 saturated carbocycles. The molecule has 1 atom stereocenters. The molecule has 26 heavy (non-hydrogen) atoms. The highest BCUT2D eigenvalue weighted by atomic mass is 79.9. The standard InChI is InChI=1S/C20H18BrFN2O2/c1-13(14-5-7-17(22)8-6-14)24-19(25)9-10-20-23-12-18(26-20)15-3-2-4-16(21)11-15/h2-8,11-13H,9-10H2,1H3,(H,24,25)/t13-/m0/s1. The van der Waals surface area contributed by atoms with Crippen molar-refractivity contribution in [2.75, 3.05) is 0 Å². The van der Waals surface area contributed by atoms with Crippen LogP contribution in [0.15, 0.2) is 63.6 Å². The zero-order chi connectivity index (χ0) is 18.5. The van der Waals surface area contributed by atoms with Crippen molar-refractivity contribution in [2.24, 2.45) is 0 Å². The first-order valence-corrected chi connectivity index (χ1v) is 9.06. The van der Waals surface area contributed by atoms with Crippen LogP contribution in [0.5, 0.6) is 0 Å². The van der Waals surface area contributed by atoms with Crippen LogP contribution in [-0.4, -0.2) is 10.9 Å². The van der Waals surface area contributed by atoms with Crippen molar-refractivity contribution in [2.45, 2.75) is 25.8 Å². The molecule has 3 aromatic rings. The maximum Gasteiger partial charge on any atom is 0.220 e. The van der Waals surface area contributed by atoms with E-state index in [0.717, 1.165) is 15.6 Å². The molecular formula is C20H18BrFN2O2. The van der Waals surface area contributed by atoms with Gasteiger partial charge in [-0.1, -0.05) is 40.2 Å². The van der Waals surface area contributed by atoms with E-state index < -0.39 is 0 Å². The molecule has 0 aliphatic heterocycles. The van der Waals surface area contributed by atoms with Crippen LogP contribution >= 0.6 is 15.9 Å². The van der Waals surface area contributed by atoms with Crippen LogP contribution in [0, 0.1) is 5.82 Å². The highest BCUT2D eigenvalue weighted by molar-refractivity contribution is 9.10. The highest BCUT2D eigenvalue weighted by Gasteiger charge is 2.12. The van der Waals surface area contributed by atoms with Crippen LogP contribution < -0.4 is 5.32 Å². The average molecular weight is 417 g/mol. The lowest BCUT2D eigenvalue weighted by atomic mass is 10.1. The topological polar surface area (TPSA) is 55.1 Å². The van der Waals surface area contributed by atoms with Crippen molar-refractivity contribution in [3.05, 3.63) is 76.5 Å². The highest BCUT2D eigenvalue weighted by Crippen LogP contribution is 2.24. The molecule has 134 valence electrons. The minimum atomic E-state index is -0.294. The van der Waals surface area contributed by atoms with Crippen LogP contribution in [0.3, 0.4) is 0 Å². The monoisotopic (exact) mass is 416 g/mol. The summed E-state index contributed by atoms with van der Waals surface area (Å²) in [6, 6.07) is 13.6. The van der Waals surface area contributed by atoms with E-state index in [9.17, 15) is 9.18 Å². The minimum absolute atomic E-state index is 0.107. The third-order valence-electron chi connectivity index (χ3n) is 3.98. The fourth-order valence-corrected chi connectivity index (χ4v) is 2.97. The quantitative estimate of drug-likeness (QED) is 0.611. The summed E-state index contributed by atoms with van der Waals surface area (Å²) in [4.78, 5) is 16.4. The van der Waals surface area contributed by atoms with Crippen molar-refractivity contribution in [3.63, 3.8) is 0 Å². The average Bonchev–Trinajstić information content (AvgIpc) is 3.09. The van der Waals surface area contributed by atoms with Gasteiger partial charge in [0, 0.05) is 22.9 Å². The predicted molar refractivity (Wildman–Crippen MR) is 101 cm³/mol. The number of hydrogen-bond donors (Lipinski definition) is 1. The van der Waals surface area contributed by atoms with Crippen LogP contribution in [0.4, 0.5) is 4.39 Å². The Kier molecular flexibility index (Phi) is 5.83. The third kappa shape index (κ3) is 4.79. The largest absolute Gasteiger partial charge is 0.441 e. The van der Waals surface area contributed by atoms with Crippen molar-refractivity contribution in [3.8, 4) is 11.3 Å². The van der Waals surface area contributed by atoms with Gasteiger partial charge in [0.05, 0.1) is 12.2 Å². The Morgan fingerprint density at radius 3 is 2.77 bits per heavy atom. The number of carbonyl (C=O) groups excluding carboxylic acids is 1. The molecule has 6 heteroatoms. The van der Waals surface area contributed by atoms with Crippen LogP contribution in [0.1, 0.15) is 30.8 Å². The summed E-state index contributed by atoms with van der Waals surface area (Å²) in [5.74, 6) is 0.785. The van der Waals surface area contributed by atoms with E-state index in [1.165, 1.54) is 12.1 Å². The van der Waals surface area contributed by atoms with E-state index in [1.807, 2.05) is 31.2 Å². The van der Waals surface area contributed by atoms with Gasteiger partial charge in [-0.15, -0.1) is 0 Å². The summed E-state index contributed by atoms with van der Waals surface area (Å²) < 4.78 is 19.6. The van der Waals surface area contributed by atoms with Gasteiger partial charge in [0.15, 0.2) is 11.7 Å². The Morgan fingerprint density at radius 2 is 2.04 bits per heavy atom. The zero-order valence-electron chi connectivity index (χ0n) is 14.2. The maximum absolute atomic E-state index is 13.0. The van der Waals surface area contributed by atoms with E-state index in [0.29, 0.717) is 18.1 Å². The smallest absolute Gasteiger partial charge is 0.220 e. The van der Waals surface area contributed by atoms with Gasteiger partial charge >= 0.3 is 0 Å². The molecule has 1 N–H and O–H groups in total. The Labute approximate surface area is 159 Å². The number of rotatable bonds is 6. The van der Waals surface area contributed by atoms with Crippen molar-refractivity contribution < 1.29 is 13.6 Å². The minimum Gasteiger partial charge on any atom is -0.441 e. The summed E-state index contributed by atoms with van der Waals surface area (Å²) in [7, 11) is 0. The fourth-order valence-electron chi connectivity index (χ4n) is 2.57. The molecule has 0 saturated heterocycles. The zero-order valence-corrected chi connectivity index (χ0v) is 15.8. The van der Waals surface area contributed by atoms with Crippen LogP contribution in [-0.2, 0) is 11.2 Å². The van der Waals surface area contributed by atoms with Crippen molar-refractivity contribution in [1.29, 1.82) is 0 Å². The molecule has 0 bridgehead atoms. The molecule has 1 heterocycles. The molecule has 0 radical (unpaired) electrons. The summed E-state index contributed by atoms with van der Waals surface area (Å²) >= 11 is 3.43. The maximum atomic E-state index is 13.0. The molecule has 0 aliphatic rings. The molecule has 3 rings (SSSR count). The Hall–Kier alpha value is -2.47. The number of amides is 1. The number of halogens is 2. The number of oxazole rings is 1. The second-order valence-corrected chi connectivity index (χ2v) is 6.89. The Balaban J connectivity index is 1.54. The molecule has 1 amide bonds. The number of nitrogens with zero attached hydrogens (tertiary/aromatic N) is 1. The SMILES string of the molecule is C[C@H](NC(=O)CCc1ncc(-c2cccc(Br)c2)o1)c1ccc(F)cc1. The summed E-state index contributed by atoms with van der Waals surface area (Å²) in [5, 5.41) is 2.89. The second-order valence-electron chi connectivity index (χ2n) is 5.97. The normalized spacial score (nSPS) is 12.0. The Morgan fingerprint density at radius 1 is 1.27 bits per heavy atom. The number of benzene rings is 2. The van der Waals surface area contributed by atoms with Crippen molar-refractivity contribution in [1.82, 2.24) is 10.3 Å². The van der Waals surface area contributed by atoms with Gasteiger partial charge in [0.2, 0.25) is 5.91 Å². The van der Waals surface area contributed by atoms with E-state index in [2.05, 4.69) is 26.2 Å². The van der Waals surface area contributed by atoms with Crippen LogP contribution in [0.2, 0.25) is 0 Å². The van der Waals surface area contributed by atoms with Gasteiger partial charge in [-0.25, -0.2) is 9.37 Å². The van der Waals surface area contributed by atoms with E-state index in [-0.39, 0.29) is 24.2 Å². The second kappa shape index (κ2) is 8.27. The number of hydrogen-bond acceptors (Lipinski definition) is 3. The van der Waals surface area contributed by atoms with Crippen LogP contribution in [0.25, 0.3) is 11.3 Å². The first-order chi connectivity index (χ1) is 12.5. The van der Waals surface area contributed by atoms with E-state index in [1.54, 1.807) is 18.3 Å². The lowest BCUT2D eigenvalue weighted by molar-refractivity contribution is -0.121.